The first-order chi connectivity index (χ1) is 7.16. The number of Topliss-reactive ketones (excluding diaryl/α,β-unsaturated/α-hetero) is 1. The van der Waals surface area contributed by atoms with E-state index in [0.717, 1.165) is 0 Å². The van der Waals surface area contributed by atoms with E-state index in [9.17, 15) is 9.36 Å². The summed E-state index contributed by atoms with van der Waals surface area (Å²) in [5.74, 6) is 0.995. The topological polar surface area (TPSA) is 52.6 Å². The molecule has 0 N–H and O–H groups in total. The summed E-state index contributed by atoms with van der Waals surface area (Å²) < 4.78 is 22.9. The molecule has 0 aromatic carbocycles. The van der Waals surface area contributed by atoms with Crippen LogP contribution in [-0.4, -0.2) is 18.0 Å². The van der Waals surface area contributed by atoms with Crippen molar-refractivity contribution in [3.63, 3.8) is 0 Å². The summed E-state index contributed by atoms with van der Waals surface area (Å²) in [6.07, 6.45) is -0.485. The van der Waals surface area contributed by atoms with Crippen molar-refractivity contribution in [2.45, 2.75) is 46.8 Å². The highest BCUT2D eigenvalue weighted by atomic mass is 79.9. The molecule has 0 aromatic rings. The molecule has 0 amide bonds. The lowest BCUT2D eigenvalue weighted by Crippen LogP contribution is -2.07. The lowest BCUT2D eigenvalue weighted by molar-refractivity contribution is -0.112. The van der Waals surface area contributed by atoms with Gasteiger partial charge in [-0.25, -0.2) is 0 Å². The van der Waals surface area contributed by atoms with E-state index in [-0.39, 0.29) is 22.5 Å². The fourth-order valence-corrected chi connectivity index (χ4v) is 3.46. The second-order valence-electron chi connectivity index (χ2n) is 3.88. The van der Waals surface area contributed by atoms with Crippen LogP contribution in [0.3, 0.4) is 0 Å². The van der Waals surface area contributed by atoms with Crippen molar-refractivity contribution in [2.75, 3.05) is 0 Å². The summed E-state index contributed by atoms with van der Waals surface area (Å²) in [7, 11) is -3.37. The number of carbonyl (C=O) groups is 1. The molecule has 0 spiro atoms. The monoisotopic (exact) mass is 312 g/mol. The Labute approximate surface area is 105 Å². The molecule has 0 unspecified atom stereocenters. The first-order valence-electron chi connectivity index (χ1n) is 5.02. The molecule has 0 heterocycles. The number of ketones is 1. The van der Waals surface area contributed by atoms with Crippen molar-refractivity contribution in [1.82, 2.24) is 0 Å². The largest absolute Gasteiger partial charge is 0.355 e. The minimum atomic E-state index is -3.37. The van der Waals surface area contributed by atoms with E-state index in [1.807, 2.05) is 0 Å². The molecule has 94 valence electrons. The van der Waals surface area contributed by atoms with E-state index in [0.29, 0.717) is 0 Å². The van der Waals surface area contributed by atoms with Crippen LogP contribution >= 0.6 is 23.5 Å². The standard InChI is InChI=1S/C10H18BrO4P/c1-7(2)14-16(13,15-8(3)4)6-10(11)9(5)12/h6-8H,1-5H3/b10-6+. The molecule has 0 rings (SSSR count). The van der Waals surface area contributed by atoms with Crippen LogP contribution in [0.5, 0.6) is 0 Å². The van der Waals surface area contributed by atoms with Crippen molar-refractivity contribution in [3.8, 4) is 0 Å². The maximum absolute atomic E-state index is 12.2. The molecular weight excluding hydrogens is 295 g/mol. The highest BCUT2D eigenvalue weighted by Crippen LogP contribution is 2.53. The van der Waals surface area contributed by atoms with Crippen molar-refractivity contribution >= 4 is 29.3 Å². The van der Waals surface area contributed by atoms with Gasteiger partial charge in [-0.2, -0.15) is 0 Å². The zero-order valence-electron chi connectivity index (χ0n) is 10.2. The van der Waals surface area contributed by atoms with E-state index in [1.54, 1.807) is 27.7 Å². The molecule has 0 saturated carbocycles. The minimum absolute atomic E-state index is 0.206. The Kier molecular flexibility index (Phi) is 6.71. The molecule has 0 atom stereocenters. The number of carbonyl (C=O) groups excluding carboxylic acids is 1. The maximum Gasteiger partial charge on any atom is 0.355 e. The summed E-state index contributed by atoms with van der Waals surface area (Å²) >= 11 is 3.04. The van der Waals surface area contributed by atoms with Crippen LogP contribution in [-0.2, 0) is 18.4 Å². The van der Waals surface area contributed by atoms with E-state index in [1.165, 1.54) is 12.7 Å². The number of halogens is 1. The van der Waals surface area contributed by atoms with E-state index in [4.69, 9.17) is 9.05 Å². The smallest absolute Gasteiger partial charge is 0.303 e. The summed E-state index contributed by atoms with van der Waals surface area (Å²) in [5.41, 5.74) is 0. The van der Waals surface area contributed by atoms with Crippen molar-refractivity contribution in [2.24, 2.45) is 0 Å². The van der Waals surface area contributed by atoms with Crippen LogP contribution in [0.15, 0.2) is 10.3 Å². The van der Waals surface area contributed by atoms with E-state index >= 15 is 0 Å². The van der Waals surface area contributed by atoms with Gasteiger partial charge in [0.2, 0.25) is 0 Å². The van der Waals surface area contributed by atoms with Crippen LogP contribution in [0.2, 0.25) is 0 Å². The first-order valence-corrected chi connectivity index (χ1v) is 7.42. The van der Waals surface area contributed by atoms with E-state index < -0.39 is 7.60 Å². The maximum atomic E-state index is 12.2. The average molecular weight is 313 g/mol. The number of allylic oxidation sites excluding steroid dienone is 1. The number of rotatable bonds is 6. The molecule has 0 bridgehead atoms. The Morgan fingerprint density at radius 3 is 1.81 bits per heavy atom. The van der Waals surface area contributed by atoms with Crippen LogP contribution in [0, 0.1) is 0 Å². The van der Waals surface area contributed by atoms with Gasteiger partial charge in [0.05, 0.1) is 16.7 Å². The zero-order valence-corrected chi connectivity index (χ0v) is 12.7. The molecule has 4 nitrogen and oxygen atoms in total. The van der Waals surface area contributed by atoms with Gasteiger partial charge in [-0.05, 0) is 50.5 Å². The molecule has 16 heavy (non-hydrogen) atoms. The first kappa shape index (κ1) is 16.0. The third-order valence-corrected chi connectivity index (χ3v) is 4.47. The highest BCUT2D eigenvalue weighted by molar-refractivity contribution is 9.12. The van der Waals surface area contributed by atoms with Gasteiger partial charge in [-0.3, -0.25) is 9.36 Å². The Morgan fingerprint density at radius 2 is 1.56 bits per heavy atom. The predicted molar refractivity (Wildman–Crippen MR) is 67.7 cm³/mol. The average Bonchev–Trinajstić information content (AvgIpc) is 1.98. The van der Waals surface area contributed by atoms with Gasteiger partial charge in [-0.15, -0.1) is 0 Å². The van der Waals surface area contributed by atoms with Crippen molar-refractivity contribution in [3.05, 3.63) is 10.3 Å². The Hall–Kier alpha value is 0.0400. The van der Waals surface area contributed by atoms with Crippen molar-refractivity contribution in [1.29, 1.82) is 0 Å². The second-order valence-corrected chi connectivity index (χ2v) is 6.50. The minimum Gasteiger partial charge on any atom is -0.303 e. The number of hydrogen-bond donors (Lipinski definition) is 0. The lowest BCUT2D eigenvalue weighted by Gasteiger charge is -2.20. The molecule has 0 saturated heterocycles. The van der Waals surface area contributed by atoms with Crippen LogP contribution < -0.4 is 0 Å². The second kappa shape index (κ2) is 6.70. The van der Waals surface area contributed by atoms with Crippen LogP contribution in [0.25, 0.3) is 0 Å². The van der Waals surface area contributed by atoms with Crippen LogP contribution in [0.1, 0.15) is 34.6 Å². The molecular formula is C10H18BrO4P. The van der Waals surface area contributed by atoms with Gasteiger partial charge in [0.15, 0.2) is 5.78 Å². The van der Waals surface area contributed by atoms with Gasteiger partial charge >= 0.3 is 7.60 Å². The molecule has 0 aliphatic rings. The van der Waals surface area contributed by atoms with Gasteiger partial charge in [0.1, 0.15) is 0 Å². The summed E-state index contributed by atoms with van der Waals surface area (Å²) in [6.45, 7) is 8.39. The third-order valence-electron chi connectivity index (χ3n) is 1.32. The van der Waals surface area contributed by atoms with Gasteiger partial charge in [0, 0.05) is 5.82 Å². The zero-order chi connectivity index (χ0) is 12.9. The molecule has 6 heteroatoms. The summed E-state index contributed by atoms with van der Waals surface area (Å²) in [6, 6.07) is 0. The predicted octanol–water partition coefficient (Wildman–Crippen LogP) is 3.85. The van der Waals surface area contributed by atoms with Gasteiger partial charge in [-0.1, -0.05) is 0 Å². The normalized spacial score (nSPS) is 13.6. The number of hydrogen-bond acceptors (Lipinski definition) is 4. The molecule has 0 radical (unpaired) electrons. The van der Waals surface area contributed by atoms with Gasteiger partial charge in [0.25, 0.3) is 0 Å². The quantitative estimate of drug-likeness (QED) is 0.552. The fraction of sp³-hybridized carbons (Fsp3) is 0.700. The molecule has 0 aliphatic carbocycles. The SMILES string of the molecule is CC(=O)/C(Br)=C\P(=O)(OC(C)C)OC(C)C. The summed E-state index contributed by atoms with van der Waals surface area (Å²) in [4.78, 5) is 11.0. The van der Waals surface area contributed by atoms with Gasteiger partial charge < -0.3 is 9.05 Å². The third kappa shape index (κ3) is 6.59. The molecule has 0 aromatic heterocycles. The Balaban J connectivity index is 5.01. The lowest BCUT2D eigenvalue weighted by atomic mass is 10.5. The van der Waals surface area contributed by atoms with Crippen LogP contribution in [0.4, 0.5) is 0 Å². The van der Waals surface area contributed by atoms with Crippen molar-refractivity contribution < 1.29 is 18.4 Å². The molecule has 0 aliphatic heterocycles. The fourth-order valence-electron chi connectivity index (χ4n) is 0.903. The Morgan fingerprint density at radius 1 is 1.19 bits per heavy atom. The van der Waals surface area contributed by atoms with E-state index in [2.05, 4.69) is 15.9 Å². The Bertz CT molecular complexity index is 309. The summed E-state index contributed by atoms with van der Waals surface area (Å²) in [5, 5.41) is 0. The highest BCUT2D eigenvalue weighted by Gasteiger charge is 2.26. The molecule has 0 fully saturated rings.